The Kier molecular flexibility index (Phi) is 34.4. The van der Waals surface area contributed by atoms with Gasteiger partial charge in [-0.05, 0) is 116 Å². The van der Waals surface area contributed by atoms with Crippen molar-refractivity contribution in [2.75, 3.05) is 0 Å². The smallest absolute Gasteiger partial charge is 0.494 e. The van der Waals surface area contributed by atoms with E-state index in [0.29, 0.717) is 5.92 Å². The zero-order chi connectivity index (χ0) is 44.2. The number of aryl methyl sites for hydroxylation is 3. The molecule has 3 atom stereocenters. The summed E-state index contributed by atoms with van der Waals surface area (Å²) in [6.45, 7) is 46.0. The molecule has 1 aliphatic rings. The first-order valence-corrected chi connectivity index (χ1v) is 23.4. The van der Waals surface area contributed by atoms with Crippen molar-refractivity contribution in [2.24, 2.45) is 16.7 Å². The predicted molar refractivity (Wildman–Crippen MR) is 263 cm³/mol. The summed E-state index contributed by atoms with van der Waals surface area (Å²) < 4.78 is 0. The second-order valence-electron chi connectivity index (χ2n) is 15.8. The Balaban J connectivity index is -0.00000316. The quantitative estimate of drug-likeness (QED) is 0.109. The van der Waals surface area contributed by atoms with Crippen LogP contribution in [0.1, 0.15) is 209 Å². The second kappa shape index (κ2) is 33.3. The van der Waals surface area contributed by atoms with Crippen molar-refractivity contribution in [2.45, 2.75) is 202 Å². The molecule has 0 N–H and O–H groups in total. The first-order valence-electron chi connectivity index (χ1n) is 23.4. The van der Waals surface area contributed by atoms with Crippen LogP contribution in [0.2, 0.25) is 0 Å². The molecule has 0 fully saturated rings. The second-order valence-corrected chi connectivity index (χ2v) is 15.8. The Labute approximate surface area is 378 Å². The number of benzene rings is 2. The fourth-order valence-electron chi connectivity index (χ4n) is 7.34. The molecule has 0 bridgehead atoms. The molecular formula is C57H92W. The van der Waals surface area contributed by atoms with Gasteiger partial charge in [-0.15, -0.1) is 0 Å². The van der Waals surface area contributed by atoms with E-state index in [9.17, 15) is 0 Å². The van der Waals surface area contributed by atoms with E-state index in [-0.39, 0.29) is 37.8 Å². The van der Waals surface area contributed by atoms with Gasteiger partial charge in [0.2, 0.25) is 0 Å². The van der Waals surface area contributed by atoms with E-state index in [0.717, 1.165) is 38.5 Å². The van der Waals surface area contributed by atoms with Gasteiger partial charge in [0.1, 0.15) is 0 Å². The van der Waals surface area contributed by atoms with Gasteiger partial charge in [0, 0.05) is 0 Å². The van der Waals surface area contributed by atoms with Crippen molar-refractivity contribution < 1.29 is 21.1 Å². The fourth-order valence-corrected chi connectivity index (χ4v) is 7.34. The number of rotatable bonds is 17. The summed E-state index contributed by atoms with van der Waals surface area (Å²) in [5.41, 5.74) is 13.6. The van der Waals surface area contributed by atoms with Crippen molar-refractivity contribution >= 4 is 5.57 Å². The van der Waals surface area contributed by atoms with E-state index in [2.05, 4.69) is 155 Å². The summed E-state index contributed by atoms with van der Waals surface area (Å²) in [7, 11) is 0. The fraction of sp³-hybridized carbons (Fsp3) is 0.579. The summed E-state index contributed by atoms with van der Waals surface area (Å²) in [4.78, 5) is 0. The first kappa shape index (κ1) is 59.9. The van der Waals surface area contributed by atoms with Gasteiger partial charge < -0.3 is 6.08 Å². The predicted octanol–water partition coefficient (Wildman–Crippen LogP) is 19.0. The van der Waals surface area contributed by atoms with Crippen molar-refractivity contribution in [3.8, 4) is 0 Å². The molecule has 0 spiro atoms. The zero-order valence-corrected chi connectivity index (χ0v) is 44.6. The Morgan fingerprint density at radius 3 is 1.97 bits per heavy atom. The normalized spacial score (nSPS) is 15.6. The number of hydrogen-bond donors (Lipinski definition) is 0. The Morgan fingerprint density at radius 1 is 0.845 bits per heavy atom. The van der Waals surface area contributed by atoms with Gasteiger partial charge in [0.25, 0.3) is 0 Å². The third-order valence-corrected chi connectivity index (χ3v) is 11.7. The summed E-state index contributed by atoms with van der Waals surface area (Å²) in [5.74, 6) is 0.970. The van der Waals surface area contributed by atoms with Crippen LogP contribution in [0.15, 0.2) is 95.6 Å². The Hall–Kier alpha value is -2.43. The van der Waals surface area contributed by atoms with Gasteiger partial charge in [0.05, 0.1) is 0 Å². The Morgan fingerprint density at radius 2 is 1.45 bits per heavy atom. The molecular weight excluding hydrogens is 868 g/mol. The summed E-state index contributed by atoms with van der Waals surface area (Å²) in [5, 5.41) is 0. The molecule has 2 aromatic carbocycles. The average molecular weight is 961 g/mol. The largest absolute Gasteiger partial charge is 2.00 e. The maximum Gasteiger partial charge on any atom is 2.00 e. The van der Waals surface area contributed by atoms with Crippen molar-refractivity contribution in [3.63, 3.8) is 0 Å². The third kappa shape index (κ3) is 20.2. The van der Waals surface area contributed by atoms with Crippen molar-refractivity contribution in [3.05, 3.63) is 136 Å². The van der Waals surface area contributed by atoms with Gasteiger partial charge in [0.15, 0.2) is 0 Å². The SMILES string of the molecule is C=C(/C=C(/C=C/C1=C(C)C(=C/CC(C=[C-]C(C)(CC)CC)c2[c-]cc(C)cc2)/CCC1)c1ccc(C)cc1C)C(C)(CC)CC(C)CCC.CC.CC.CC.CC.[W+2]. The zero-order valence-electron chi connectivity index (χ0n) is 41.7. The third-order valence-electron chi connectivity index (χ3n) is 11.7. The monoisotopic (exact) mass is 961 g/mol. The van der Waals surface area contributed by atoms with Crippen LogP contribution in [0.25, 0.3) is 5.57 Å². The molecule has 0 nitrogen and oxygen atoms in total. The van der Waals surface area contributed by atoms with Crippen LogP contribution in [0.5, 0.6) is 0 Å². The minimum absolute atomic E-state index is 0. The molecule has 3 rings (SSSR count). The van der Waals surface area contributed by atoms with Crippen LogP contribution in [0, 0.1) is 49.7 Å². The van der Waals surface area contributed by atoms with Gasteiger partial charge in [-0.3, -0.25) is 6.08 Å². The molecule has 3 unspecified atom stereocenters. The molecule has 0 aliphatic heterocycles. The molecule has 1 aliphatic carbocycles. The van der Waals surface area contributed by atoms with Crippen LogP contribution in [-0.4, -0.2) is 0 Å². The molecule has 0 radical (unpaired) electrons. The van der Waals surface area contributed by atoms with Crippen molar-refractivity contribution in [1.82, 2.24) is 0 Å². The Bertz CT molecular complexity index is 1530. The van der Waals surface area contributed by atoms with Crippen LogP contribution < -0.4 is 0 Å². The van der Waals surface area contributed by atoms with E-state index in [4.69, 9.17) is 6.58 Å². The molecule has 0 amide bonds. The van der Waals surface area contributed by atoms with E-state index < -0.39 is 0 Å². The summed E-state index contributed by atoms with van der Waals surface area (Å²) in [6.07, 6.45) is 27.3. The standard InChI is InChI=1S/C49H68.4C2H6.W/c1-13-18-38(7)35-49(12,16-4)40(9)34-46(47-30-23-37(6)33-39(47)8)29-27-43-20-17-19-42(41(43)10)26-28-45(31-32-48(11,14-2)15-3)44-24-21-36(5)22-25-44;4*1-2;/h21-24,26-27,29-31,33-34,38,45H,9,13-20,28,35H2,1-8,10-12H3;4*1-2H3;/q-2;;;;;+2/b29-27+,42-26+,46-34-;;;;;. The van der Waals surface area contributed by atoms with Gasteiger partial charge in [-0.2, -0.15) is 40.8 Å². The molecule has 0 saturated carbocycles. The van der Waals surface area contributed by atoms with Crippen LogP contribution in [-0.2, 0) is 21.1 Å². The molecule has 0 heterocycles. The van der Waals surface area contributed by atoms with Gasteiger partial charge >= 0.3 is 21.1 Å². The summed E-state index contributed by atoms with van der Waals surface area (Å²) in [6, 6.07) is 17.0. The number of allylic oxidation sites excluding steroid dienone is 11. The topological polar surface area (TPSA) is 0 Å². The number of hydrogen-bond acceptors (Lipinski definition) is 0. The maximum atomic E-state index is 4.71. The van der Waals surface area contributed by atoms with Crippen LogP contribution in [0.3, 0.4) is 0 Å². The average Bonchev–Trinajstić information content (AvgIpc) is 3.23. The maximum absolute atomic E-state index is 4.71. The molecule has 1 heteroatoms. The van der Waals surface area contributed by atoms with Crippen LogP contribution >= 0.6 is 0 Å². The molecule has 326 valence electrons. The van der Waals surface area contributed by atoms with Gasteiger partial charge in [-0.1, -0.05) is 191 Å². The molecule has 0 aromatic heterocycles. The van der Waals surface area contributed by atoms with Crippen molar-refractivity contribution in [1.29, 1.82) is 0 Å². The summed E-state index contributed by atoms with van der Waals surface area (Å²) >= 11 is 0. The molecule has 2 aromatic rings. The van der Waals surface area contributed by atoms with E-state index in [1.807, 2.05) is 55.4 Å². The van der Waals surface area contributed by atoms with Gasteiger partial charge in [-0.25, -0.2) is 0 Å². The minimum atomic E-state index is 0. The first-order chi connectivity index (χ1) is 27.3. The van der Waals surface area contributed by atoms with E-state index in [1.54, 1.807) is 0 Å². The molecule has 0 saturated heterocycles. The van der Waals surface area contributed by atoms with Crippen LogP contribution in [0.4, 0.5) is 0 Å². The molecule has 58 heavy (non-hydrogen) atoms. The minimum Gasteiger partial charge on any atom is -0.494 e. The van der Waals surface area contributed by atoms with E-state index >= 15 is 0 Å². The van der Waals surface area contributed by atoms with E-state index in [1.165, 1.54) is 81.4 Å².